The van der Waals surface area contributed by atoms with Gasteiger partial charge in [0.2, 0.25) is 28.6 Å². The van der Waals surface area contributed by atoms with Gasteiger partial charge in [-0.1, -0.05) is 67.1 Å². The maximum atomic E-state index is 14.2. The quantitative estimate of drug-likeness (QED) is 0.331. The normalized spacial score (nSPS) is 13.8. The Labute approximate surface area is 246 Å². The van der Waals surface area contributed by atoms with Crippen LogP contribution >= 0.6 is 11.6 Å². The third-order valence-corrected chi connectivity index (χ3v) is 8.40. The molecule has 9 nitrogen and oxygen atoms in total. The second-order valence-electron chi connectivity index (χ2n) is 9.94. The molecule has 11 heteroatoms. The van der Waals surface area contributed by atoms with Gasteiger partial charge in [-0.15, -0.1) is 0 Å². The Morgan fingerprint density at radius 1 is 1.00 bits per heavy atom. The molecular weight excluding hydrogens is 566 g/mol. The van der Waals surface area contributed by atoms with Crippen LogP contribution in [-0.4, -0.2) is 56.8 Å². The minimum Gasteiger partial charge on any atom is -0.454 e. The van der Waals surface area contributed by atoms with Gasteiger partial charge in [0, 0.05) is 30.1 Å². The van der Waals surface area contributed by atoms with Crippen LogP contribution in [0.3, 0.4) is 0 Å². The first kappa shape index (κ1) is 30.2. The number of benzene rings is 3. The van der Waals surface area contributed by atoms with E-state index >= 15 is 0 Å². The minimum absolute atomic E-state index is 0.00265. The van der Waals surface area contributed by atoms with Crippen LogP contribution in [0.25, 0.3) is 0 Å². The summed E-state index contributed by atoms with van der Waals surface area (Å²) in [5.74, 6) is -0.0317. The van der Waals surface area contributed by atoms with Gasteiger partial charge in [0.05, 0.1) is 11.9 Å². The topological polar surface area (TPSA) is 105 Å². The van der Waals surface area contributed by atoms with Crippen LogP contribution in [0.1, 0.15) is 31.4 Å². The lowest BCUT2D eigenvalue weighted by Crippen LogP contribution is -2.54. The Morgan fingerprint density at radius 3 is 2.37 bits per heavy atom. The molecule has 0 bridgehead atoms. The van der Waals surface area contributed by atoms with Crippen molar-refractivity contribution in [3.63, 3.8) is 0 Å². The van der Waals surface area contributed by atoms with Crippen LogP contribution in [-0.2, 0) is 32.6 Å². The monoisotopic (exact) mass is 599 g/mol. The van der Waals surface area contributed by atoms with Crippen LogP contribution in [0.2, 0.25) is 5.02 Å². The van der Waals surface area contributed by atoms with Crippen molar-refractivity contribution in [1.29, 1.82) is 0 Å². The van der Waals surface area contributed by atoms with Crippen molar-refractivity contribution < 1.29 is 27.5 Å². The van der Waals surface area contributed by atoms with Gasteiger partial charge in [-0.05, 0) is 42.7 Å². The summed E-state index contributed by atoms with van der Waals surface area (Å²) in [6.45, 7) is 3.34. The maximum Gasteiger partial charge on any atom is 0.244 e. The van der Waals surface area contributed by atoms with E-state index in [2.05, 4.69) is 5.32 Å². The van der Waals surface area contributed by atoms with E-state index in [-0.39, 0.29) is 37.4 Å². The van der Waals surface area contributed by atoms with Crippen LogP contribution < -0.4 is 19.1 Å². The van der Waals surface area contributed by atoms with E-state index < -0.39 is 28.5 Å². The Hall–Kier alpha value is -3.76. The van der Waals surface area contributed by atoms with E-state index in [9.17, 15) is 18.0 Å². The van der Waals surface area contributed by atoms with Crippen molar-refractivity contribution in [3.05, 3.63) is 88.9 Å². The van der Waals surface area contributed by atoms with Gasteiger partial charge in [0.25, 0.3) is 0 Å². The second-order valence-corrected chi connectivity index (χ2v) is 12.3. The number of rotatable bonds is 12. The average Bonchev–Trinajstić information content (AvgIpc) is 3.42. The Balaban J connectivity index is 1.74. The van der Waals surface area contributed by atoms with E-state index in [0.717, 1.165) is 16.1 Å². The molecule has 1 heterocycles. The number of halogens is 1. The fourth-order valence-electron chi connectivity index (χ4n) is 4.46. The van der Waals surface area contributed by atoms with Crippen molar-refractivity contribution in [2.45, 2.75) is 45.3 Å². The van der Waals surface area contributed by atoms with E-state index in [1.807, 2.05) is 44.2 Å². The highest BCUT2D eigenvalue weighted by Gasteiger charge is 2.34. The average molecular weight is 600 g/mol. The van der Waals surface area contributed by atoms with E-state index in [4.69, 9.17) is 21.1 Å². The molecule has 2 amide bonds. The molecule has 0 saturated carbocycles. The Bertz CT molecular complexity index is 1480. The molecule has 0 fully saturated rings. The van der Waals surface area contributed by atoms with Gasteiger partial charge in [-0.25, -0.2) is 8.42 Å². The van der Waals surface area contributed by atoms with Gasteiger partial charge >= 0.3 is 0 Å². The van der Waals surface area contributed by atoms with Crippen LogP contribution in [0.4, 0.5) is 5.69 Å². The number of fused-ring (bicyclic) bond motifs is 1. The van der Waals surface area contributed by atoms with Crippen LogP contribution in [0, 0.1) is 0 Å². The maximum absolute atomic E-state index is 14.2. The molecule has 3 aromatic rings. The molecule has 4 rings (SSSR count). The van der Waals surface area contributed by atoms with Gasteiger partial charge in [0.1, 0.15) is 12.6 Å². The number of sulfonamides is 1. The lowest BCUT2D eigenvalue weighted by molar-refractivity contribution is -0.140. The summed E-state index contributed by atoms with van der Waals surface area (Å²) in [4.78, 5) is 29.3. The standard InChI is InChI=1S/C30H34ClN3O6S/c1-4-21(2)32-30(36)26(16-22-10-6-5-7-11-22)33(18-23-12-8-9-13-25(23)31)29(35)19-34(41(3,37)38)24-14-15-27-28(17-24)40-20-39-27/h5-15,17,21,26H,4,16,18-20H2,1-3H3,(H,32,36)/t21-,26-/m1/s1. The number of hydrogen-bond acceptors (Lipinski definition) is 6. The lowest BCUT2D eigenvalue weighted by Gasteiger charge is -2.34. The first-order valence-electron chi connectivity index (χ1n) is 13.3. The summed E-state index contributed by atoms with van der Waals surface area (Å²) >= 11 is 6.48. The summed E-state index contributed by atoms with van der Waals surface area (Å²) in [6.07, 6.45) is 1.96. The first-order chi connectivity index (χ1) is 19.6. The smallest absolute Gasteiger partial charge is 0.244 e. The molecule has 1 N–H and O–H groups in total. The van der Waals surface area contributed by atoms with Crippen molar-refractivity contribution >= 4 is 39.1 Å². The molecule has 0 aliphatic carbocycles. The molecule has 1 aliphatic heterocycles. The van der Waals surface area contributed by atoms with E-state index in [1.54, 1.807) is 36.4 Å². The van der Waals surface area contributed by atoms with Gasteiger partial charge in [0.15, 0.2) is 11.5 Å². The molecule has 41 heavy (non-hydrogen) atoms. The minimum atomic E-state index is -3.91. The third kappa shape index (κ3) is 7.71. The van der Waals surface area contributed by atoms with Gasteiger partial charge in [-0.2, -0.15) is 0 Å². The number of hydrogen-bond donors (Lipinski definition) is 1. The van der Waals surface area contributed by atoms with Gasteiger partial charge < -0.3 is 19.7 Å². The SMILES string of the molecule is CC[C@@H](C)NC(=O)[C@@H](Cc1ccccc1)N(Cc1ccccc1Cl)C(=O)CN(c1ccc2c(c1)OCO2)S(C)(=O)=O. The zero-order valence-corrected chi connectivity index (χ0v) is 24.8. The summed E-state index contributed by atoms with van der Waals surface area (Å²) in [6, 6.07) is 20.0. The van der Waals surface area contributed by atoms with Crippen LogP contribution in [0.5, 0.6) is 11.5 Å². The molecular formula is C30H34ClN3O6S. The summed E-state index contributed by atoms with van der Waals surface area (Å²) < 4.78 is 37.7. The highest BCUT2D eigenvalue weighted by molar-refractivity contribution is 7.92. The number of carbonyl (C=O) groups is 2. The van der Waals surface area contributed by atoms with Crippen molar-refractivity contribution in [1.82, 2.24) is 10.2 Å². The summed E-state index contributed by atoms with van der Waals surface area (Å²) in [5, 5.41) is 3.43. The van der Waals surface area contributed by atoms with E-state index in [1.165, 1.54) is 11.0 Å². The highest BCUT2D eigenvalue weighted by atomic mass is 35.5. The molecule has 0 aromatic heterocycles. The number of nitrogens with zero attached hydrogens (tertiary/aromatic N) is 2. The Morgan fingerprint density at radius 2 is 1.68 bits per heavy atom. The predicted molar refractivity (Wildman–Crippen MR) is 159 cm³/mol. The summed E-state index contributed by atoms with van der Waals surface area (Å²) in [7, 11) is -3.91. The second kappa shape index (κ2) is 13.3. The third-order valence-electron chi connectivity index (χ3n) is 6.89. The summed E-state index contributed by atoms with van der Waals surface area (Å²) in [5.41, 5.74) is 1.72. The largest absolute Gasteiger partial charge is 0.454 e. The molecule has 3 aromatic carbocycles. The number of anilines is 1. The molecule has 0 saturated heterocycles. The number of carbonyl (C=O) groups excluding carboxylic acids is 2. The van der Waals surface area contributed by atoms with Crippen molar-refractivity contribution in [2.75, 3.05) is 23.9 Å². The van der Waals surface area contributed by atoms with Crippen molar-refractivity contribution in [3.8, 4) is 11.5 Å². The zero-order valence-electron chi connectivity index (χ0n) is 23.2. The molecule has 1 aliphatic rings. The fourth-order valence-corrected chi connectivity index (χ4v) is 5.50. The molecule has 0 spiro atoms. The fraction of sp³-hybridized carbons (Fsp3) is 0.333. The molecule has 0 unspecified atom stereocenters. The molecule has 2 atom stereocenters. The first-order valence-corrected chi connectivity index (χ1v) is 15.5. The number of amides is 2. The van der Waals surface area contributed by atoms with Gasteiger partial charge in [-0.3, -0.25) is 13.9 Å². The molecule has 218 valence electrons. The predicted octanol–water partition coefficient (Wildman–Crippen LogP) is 4.39. The Kier molecular flexibility index (Phi) is 9.77. The highest BCUT2D eigenvalue weighted by Crippen LogP contribution is 2.36. The number of ether oxygens (including phenoxy) is 2. The number of nitrogens with one attached hydrogen (secondary N) is 1. The van der Waals surface area contributed by atoms with E-state index in [0.29, 0.717) is 28.5 Å². The van der Waals surface area contributed by atoms with Crippen molar-refractivity contribution in [2.24, 2.45) is 0 Å². The lowest BCUT2D eigenvalue weighted by atomic mass is 10.0. The zero-order chi connectivity index (χ0) is 29.6. The molecule has 0 radical (unpaired) electrons. The van der Waals surface area contributed by atoms with Crippen LogP contribution in [0.15, 0.2) is 72.8 Å².